The summed E-state index contributed by atoms with van der Waals surface area (Å²) in [6, 6.07) is 0. The highest BCUT2D eigenvalue weighted by Gasteiger charge is 2.22. The van der Waals surface area contributed by atoms with Gasteiger partial charge in [-0.1, -0.05) is 19.1 Å². The second kappa shape index (κ2) is 4.20. The topological polar surface area (TPSA) is 26.0 Å². The SMILES string of the molecule is CC1C=CCC(C2=C(N)CCCC2)C1. The van der Waals surface area contributed by atoms with Crippen molar-refractivity contribution in [3.8, 4) is 0 Å². The average molecular weight is 191 g/mol. The highest BCUT2D eigenvalue weighted by Crippen LogP contribution is 2.35. The summed E-state index contributed by atoms with van der Waals surface area (Å²) in [6.07, 6.45) is 12.3. The number of allylic oxidation sites excluding steroid dienone is 4. The average Bonchev–Trinajstić information content (AvgIpc) is 2.18. The van der Waals surface area contributed by atoms with E-state index in [2.05, 4.69) is 19.1 Å². The van der Waals surface area contributed by atoms with Crippen molar-refractivity contribution in [1.82, 2.24) is 0 Å². The van der Waals surface area contributed by atoms with Crippen LogP contribution in [0, 0.1) is 11.8 Å². The summed E-state index contributed by atoms with van der Waals surface area (Å²) in [5.41, 5.74) is 8.91. The molecule has 14 heavy (non-hydrogen) atoms. The van der Waals surface area contributed by atoms with Gasteiger partial charge in [0, 0.05) is 5.70 Å². The van der Waals surface area contributed by atoms with Crippen molar-refractivity contribution in [2.24, 2.45) is 17.6 Å². The molecule has 0 aliphatic heterocycles. The van der Waals surface area contributed by atoms with Crippen molar-refractivity contribution < 1.29 is 0 Å². The molecule has 2 aliphatic rings. The molecule has 2 unspecified atom stereocenters. The first-order valence-corrected chi connectivity index (χ1v) is 5.91. The fraction of sp³-hybridized carbons (Fsp3) is 0.692. The van der Waals surface area contributed by atoms with Gasteiger partial charge >= 0.3 is 0 Å². The third-order valence-corrected chi connectivity index (χ3v) is 3.59. The third-order valence-electron chi connectivity index (χ3n) is 3.59. The Balaban J connectivity index is 2.10. The Morgan fingerprint density at radius 3 is 2.79 bits per heavy atom. The Morgan fingerprint density at radius 1 is 1.29 bits per heavy atom. The normalized spacial score (nSPS) is 33.5. The molecule has 0 heterocycles. The van der Waals surface area contributed by atoms with E-state index in [0.29, 0.717) is 0 Å². The summed E-state index contributed by atoms with van der Waals surface area (Å²) in [5.74, 6) is 1.51. The summed E-state index contributed by atoms with van der Waals surface area (Å²) < 4.78 is 0. The minimum atomic E-state index is 0.746. The third kappa shape index (κ3) is 2.02. The predicted octanol–water partition coefficient (Wildman–Crippen LogP) is 3.38. The van der Waals surface area contributed by atoms with E-state index in [4.69, 9.17) is 5.73 Å². The van der Waals surface area contributed by atoms with Gasteiger partial charge in [-0.3, -0.25) is 0 Å². The minimum absolute atomic E-state index is 0.746. The number of hydrogen-bond donors (Lipinski definition) is 1. The Hall–Kier alpha value is -0.720. The molecule has 0 spiro atoms. The van der Waals surface area contributed by atoms with Gasteiger partial charge < -0.3 is 5.73 Å². The van der Waals surface area contributed by atoms with Gasteiger partial charge in [-0.2, -0.15) is 0 Å². The molecule has 1 heteroatoms. The zero-order chi connectivity index (χ0) is 9.97. The monoisotopic (exact) mass is 191 g/mol. The first-order chi connectivity index (χ1) is 6.77. The highest BCUT2D eigenvalue weighted by atomic mass is 14.6. The molecular weight excluding hydrogens is 170 g/mol. The molecule has 78 valence electrons. The Labute approximate surface area is 87.1 Å². The van der Waals surface area contributed by atoms with Crippen molar-refractivity contribution in [3.05, 3.63) is 23.4 Å². The van der Waals surface area contributed by atoms with Gasteiger partial charge in [0.2, 0.25) is 0 Å². The van der Waals surface area contributed by atoms with Crippen LogP contribution in [0.3, 0.4) is 0 Å². The van der Waals surface area contributed by atoms with Gasteiger partial charge in [-0.05, 0) is 55.9 Å². The molecule has 0 aromatic heterocycles. The summed E-state index contributed by atoms with van der Waals surface area (Å²) in [7, 11) is 0. The lowest BCUT2D eigenvalue weighted by Gasteiger charge is -2.28. The lowest BCUT2D eigenvalue weighted by molar-refractivity contribution is 0.439. The van der Waals surface area contributed by atoms with E-state index < -0.39 is 0 Å². The van der Waals surface area contributed by atoms with E-state index in [1.165, 1.54) is 37.8 Å². The number of nitrogens with two attached hydrogens (primary N) is 1. The molecule has 2 rings (SSSR count). The fourth-order valence-corrected chi connectivity index (χ4v) is 2.80. The standard InChI is InChI=1S/C13H21N/c1-10-5-4-6-11(9-10)12-7-2-3-8-13(12)14/h4-5,10-11H,2-3,6-9,14H2,1H3. The van der Waals surface area contributed by atoms with Crippen LogP contribution in [0.5, 0.6) is 0 Å². The van der Waals surface area contributed by atoms with Crippen molar-refractivity contribution >= 4 is 0 Å². The molecule has 0 amide bonds. The van der Waals surface area contributed by atoms with Crippen LogP contribution in [0.15, 0.2) is 23.4 Å². The van der Waals surface area contributed by atoms with Crippen LogP contribution in [0.2, 0.25) is 0 Å². The predicted molar refractivity (Wildman–Crippen MR) is 60.7 cm³/mol. The highest BCUT2D eigenvalue weighted by molar-refractivity contribution is 5.19. The molecule has 0 radical (unpaired) electrons. The van der Waals surface area contributed by atoms with Crippen molar-refractivity contribution in [2.45, 2.75) is 45.4 Å². The van der Waals surface area contributed by atoms with E-state index in [9.17, 15) is 0 Å². The molecule has 0 bridgehead atoms. The maximum atomic E-state index is 6.11. The van der Waals surface area contributed by atoms with E-state index in [-0.39, 0.29) is 0 Å². The molecule has 1 nitrogen and oxygen atoms in total. The van der Waals surface area contributed by atoms with Gasteiger partial charge in [0.05, 0.1) is 0 Å². The van der Waals surface area contributed by atoms with Crippen molar-refractivity contribution in [1.29, 1.82) is 0 Å². The number of rotatable bonds is 1. The van der Waals surface area contributed by atoms with Crippen LogP contribution in [0.25, 0.3) is 0 Å². The summed E-state index contributed by atoms with van der Waals surface area (Å²) in [4.78, 5) is 0. The summed E-state index contributed by atoms with van der Waals surface area (Å²) in [6.45, 7) is 2.31. The van der Waals surface area contributed by atoms with Crippen molar-refractivity contribution in [3.63, 3.8) is 0 Å². The van der Waals surface area contributed by atoms with Gasteiger partial charge in [0.25, 0.3) is 0 Å². The lowest BCUT2D eigenvalue weighted by atomic mass is 9.78. The largest absolute Gasteiger partial charge is 0.402 e. The Kier molecular flexibility index (Phi) is 2.95. The van der Waals surface area contributed by atoms with Crippen LogP contribution in [-0.2, 0) is 0 Å². The zero-order valence-corrected chi connectivity index (χ0v) is 9.13. The van der Waals surface area contributed by atoms with Crippen LogP contribution in [0.4, 0.5) is 0 Å². The van der Waals surface area contributed by atoms with Crippen LogP contribution >= 0.6 is 0 Å². The molecular formula is C13H21N. The second-order valence-electron chi connectivity index (χ2n) is 4.83. The summed E-state index contributed by atoms with van der Waals surface area (Å²) >= 11 is 0. The van der Waals surface area contributed by atoms with Crippen LogP contribution in [-0.4, -0.2) is 0 Å². The van der Waals surface area contributed by atoms with E-state index >= 15 is 0 Å². The van der Waals surface area contributed by atoms with Gasteiger partial charge in [0.1, 0.15) is 0 Å². The van der Waals surface area contributed by atoms with Crippen LogP contribution < -0.4 is 5.73 Å². The van der Waals surface area contributed by atoms with E-state index in [1.807, 2.05) is 0 Å². The quantitative estimate of drug-likeness (QED) is 0.632. The Bertz CT molecular complexity index is 262. The second-order valence-corrected chi connectivity index (χ2v) is 4.83. The van der Waals surface area contributed by atoms with Crippen molar-refractivity contribution in [2.75, 3.05) is 0 Å². The number of hydrogen-bond acceptors (Lipinski definition) is 1. The molecule has 2 atom stereocenters. The zero-order valence-electron chi connectivity index (χ0n) is 9.13. The maximum absolute atomic E-state index is 6.11. The maximum Gasteiger partial charge on any atom is 0.00753 e. The molecule has 0 saturated carbocycles. The molecule has 0 fully saturated rings. The molecule has 0 aromatic carbocycles. The summed E-state index contributed by atoms with van der Waals surface area (Å²) in [5, 5.41) is 0. The van der Waals surface area contributed by atoms with E-state index in [1.54, 1.807) is 5.57 Å². The fourth-order valence-electron chi connectivity index (χ4n) is 2.80. The first kappa shape index (κ1) is 9.82. The van der Waals surface area contributed by atoms with Gasteiger partial charge in [0.15, 0.2) is 0 Å². The minimum Gasteiger partial charge on any atom is -0.402 e. The Morgan fingerprint density at radius 2 is 2.07 bits per heavy atom. The van der Waals surface area contributed by atoms with Gasteiger partial charge in [-0.15, -0.1) is 0 Å². The molecule has 2 aliphatic carbocycles. The van der Waals surface area contributed by atoms with E-state index in [0.717, 1.165) is 18.3 Å². The smallest absolute Gasteiger partial charge is 0.00753 e. The lowest BCUT2D eigenvalue weighted by Crippen LogP contribution is -2.18. The molecule has 0 aromatic rings. The molecule has 0 saturated heterocycles. The molecule has 2 N–H and O–H groups in total. The van der Waals surface area contributed by atoms with Crippen LogP contribution in [0.1, 0.15) is 45.4 Å². The van der Waals surface area contributed by atoms with Gasteiger partial charge in [-0.25, -0.2) is 0 Å². The first-order valence-electron chi connectivity index (χ1n) is 5.91.